The number of aromatic nitrogens is 2. The molecular formula is C13H25N3O2. The molecule has 0 bridgehead atoms. The van der Waals surface area contributed by atoms with E-state index in [1.807, 2.05) is 20.8 Å². The van der Waals surface area contributed by atoms with Crippen LogP contribution in [0.3, 0.4) is 0 Å². The minimum atomic E-state index is -0.487. The molecule has 0 saturated heterocycles. The molecule has 0 aromatic carbocycles. The highest BCUT2D eigenvalue weighted by atomic mass is 16.5. The highest BCUT2D eigenvalue weighted by Crippen LogP contribution is 2.22. The van der Waals surface area contributed by atoms with Gasteiger partial charge in [-0.1, -0.05) is 12.1 Å². The number of rotatable bonds is 8. The smallest absolute Gasteiger partial charge is 0.226 e. The van der Waals surface area contributed by atoms with Crippen LogP contribution in [0.1, 0.15) is 52.3 Å². The molecule has 1 aromatic rings. The van der Waals surface area contributed by atoms with Crippen molar-refractivity contribution in [3.63, 3.8) is 0 Å². The Hall–Kier alpha value is -0.940. The summed E-state index contributed by atoms with van der Waals surface area (Å²) in [4.78, 5) is 4.40. The number of nitrogens with zero attached hydrogens (tertiary/aromatic N) is 2. The van der Waals surface area contributed by atoms with Crippen LogP contribution < -0.4 is 5.73 Å². The summed E-state index contributed by atoms with van der Waals surface area (Å²) < 4.78 is 10.8. The number of aryl methyl sites for hydroxylation is 1. The van der Waals surface area contributed by atoms with Crippen molar-refractivity contribution < 1.29 is 9.26 Å². The second kappa shape index (κ2) is 6.85. The van der Waals surface area contributed by atoms with Crippen LogP contribution in [-0.4, -0.2) is 23.3 Å². The van der Waals surface area contributed by atoms with Gasteiger partial charge in [0.1, 0.15) is 5.60 Å². The van der Waals surface area contributed by atoms with Crippen molar-refractivity contribution >= 4 is 0 Å². The first kappa shape index (κ1) is 15.1. The maximum atomic E-state index is 5.59. The first-order valence-electron chi connectivity index (χ1n) is 6.66. The Labute approximate surface area is 109 Å². The molecule has 0 amide bonds. The third kappa shape index (κ3) is 4.38. The van der Waals surface area contributed by atoms with Gasteiger partial charge in [0.25, 0.3) is 0 Å². The standard InChI is InChI=1S/C13H25N3O2/c1-5-17-13(3,4)12-15-11(18-16-12)7-6-10(2)8-9-14/h10H,5-9,14H2,1-4H3. The fraction of sp³-hybridized carbons (Fsp3) is 0.846. The van der Waals surface area contributed by atoms with Gasteiger partial charge in [0.2, 0.25) is 11.7 Å². The van der Waals surface area contributed by atoms with Crippen molar-refractivity contribution in [3.8, 4) is 0 Å². The Morgan fingerprint density at radius 3 is 2.72 bits per heavy atom. The van der Waals surface area contributed by atoms with E-state index in [1.165, 1.54) is 0 Å². The van der Waals surface area contributed by atoms with E-state index in [4.69, 9.17) is 15.0 Å². The maximum absolute atomic E-state index is 5.59. The molecule has 5 nitrogen and oxygen atoms in total. The molecule has 0 aliphatic rings. The van der Waals surface area contributed by atoms with Gasteiger partial charge in [0.15, 0.2) is 0 Å². The van der Waals surface area contributed by atoms with Crippen LogP contribution in [0, 0.1) is 5.92 Å². The summed E-state index contributed by atoms with van der Waals surface area (Å²) in [7, 11) is 0. The summed E-state index contributed by atoms with van der Waals surface area (Å²) in [5, 5.41) is 3.99. The maximum Gasteiger partial charge on any atom is 0.226 e. The molecular weight excluding hydrogens is 230 g/mol. The zero-order valence-electron chi connectivity index (χ0n) is 11.9. The Morgan fingerprint density at radius 1 is 1.39 bits per heavy atom. The molecule has 1 rings (SSSR count). The Balaban J connectivity index is 2.53. The zero-order valence-corrected chi connectivity index (χ0v) is 11.9. The zero-order chi connectivity index (χ0) is 13.6. The Kier molecular flexibility index (Phi) is 5.75. The molecule has 1 atom stereocenters. The van der Waals surface area contributed by atoms with Gasteiger partial charge in [-0.15, -0.1) is 0 Å². The van der Waals surface area contributed by atoms with Crippen LogP contribution in [0.25, 0.3) is 0 Å². The van der Waals surface area contributed by atoms with Crippen molar-refractivity contribution in [2.45, 2.75) is 52.6 Å². The predicted octanol–water partition coefficient (Wildman–Crippen LogP) is 2.26. The van der Waals surface area contributed by atoms with E-state index in [2.05, 4.69) is 17.1 Å². The molecule has 1 unspecified atom stereocenters. The van der Waals surface area contributed by atoms with E-state index in [-0.39, 0.29) is 0 Å². The molecule has 0 fully saturated rings. The van der Waals surface area contributed by atoms with Crippen molar-refractivity contribution in [3.05, 3.63) is 11.7 Å². The van der Waals surface area contributed by atoms with Gasteiger partial charge < -0.3 is 15.0 Å². The Morgan fingerprint density at radius 2 is 2.11 bits per heavy atom. The third-order valence-corrected chi connectivity index (χ3v) is 3.02. The fourth-order valence-corrected chi connectivity index (χ4v) is 1.83. The summed E-state index contributed by atoms with van der Waals surface area (Å²) in [6, 6.07) is 0. The highest BCUT2D eigenvalue weighted by molar-refractivity contribution is 4.97. The van der Waals surface area contributed by atoms with Crippen molar-refractivity contribution in [2.24, 2.45) is 11.7 Å². The van der Waals surface area contributed by atoms with E-state index >= 15 is 0 Å². The van der Waals surface area contributed by atoms with Gasteiger partial charge in [0, 0.05) is 13.0 Å². The van der Waals surface area contributed by atoms with Gasteiger partial charge in [-0.3, -0.25) is 0 Å². The molecule has 5 heteroatoms. The molecule has 0 spiro atoms. The lowest BCUT2D eigenvalue weighted by molar-refractivity contribution is -0.0221. The van der Waals surface area contributed by atoms with Crippen LogP contribution in [0.4, 0.5) is 0 Å². The number of ether oxygens (including phenoxy) is 1. The topological polar surface area (TPSA) is 74.2 Å². The van der Waals surface area contributed by atoms with Crippen LogP contribution in [0.15, 0.2) is 4.52 Å². The largest absolute Gasteiger partial charge is 0.368 e. The number of hydrogen-bond acceptors (Lipinski definition) is 5. The van der Waals surface area contributed by atoms with E-state index in [1.54, 1.807) is 0 Å². The summed E-state index contributed by atoms with van der Waals surface area (Å²) in [5.74, 6) is 1.89. The van der Waals surface area contributed by atoms with Crippen LogP contribution in [-0.2, 0) is 16.8 Å². The lowest BCUT2D eigenvalue weighted by Gasteiger charge is -2.19. The predicted molar refractivity (Wildman–Crippen MR) is 70.1 cm³/mol. The fourth-order valence-electron chi connectivity index (χ4n) is 1.83. The number of nitrogens with two attached hydrogens (primary N) is 1. The molecule has 1 aromatic heterocycles. The molecule has 1 heterocycles. The minimum Gasteiger partial charge on any atom is -0.368 e. The first-order valence-corrected chi connectivity index (χ1v) is 6.66. The Bertz CT molecular complexity index is 350. The second-order valence-corrected chi connectivity index (χ2v) is 5.18. The highest BCUT2D eigenvalue weighted by Gasteiger charge is 2.27. The molecule has 18 heavy (non-hydrogen) atoms. The summed E-state index contributed by atoms with van der Waals surface area (Å²) in [6.45, 7) is 9.40. The van der Waals surface area contributed by atoms with Gasteiger partial charge in [-0.05, 0) is 46.1 Å². The van der Waals surface area contributed by atoms with Gasteiger partial charge in [-0.2, -0.15) is 4.98 Å². The van der Waals surface area contributed by atoms with E-state index in [0.29, 0.717) is 24.2 Å². The van der Waals surface area contributed by atoms with Crippen LogP contribution in [0.5, 0.6) is 0 Å². The molecule has 0 aliphatic heterocycles. The minimum absolute atomic E-state index is 0.487. The molecule has 0 aliphatic carbocycles. The number of hydrogen-bond donors (Lipinski definition) is 1. The van der Waals surface area contributed by atoms with Crippen LogP contribution in [0.2, 0.25) is 0 Å². The van der Waals surface area contributed by atoms with E-state index in [0.717, 1.165) is 25.8 Å². The average Bonchev–Trinajstić information content (AvgIpc) is 2.76. The third-order valence-electron chi connectivity index (χ3n) is 3.02. The summed E-state index contributed by atoms with van der Waals surface area (Å²) in [6.07, 6.45) is 2.86. The first-order chi connectivity index (χ1) is 8.49. The average molecular weight is 255 g/mol. The lowest BCUT2D eigenvalue weighted by atomic mass is 10.0. The lowest BCUT2D eigenvalue weighted by Crippen LogP contribution is -2.23. The van der Waals surface area contributed by atoms with Gasteiger partial charge in [-0.25, -0.2) is 0 Å². The van der Waals surface area contributed by atoms with E-state index in [9.17, 15) is 0 Å². The summed E-state index contributed by atoms with van der Waals surface area (Å²) >= 11 is 0. The van der Waals surface area contributed by atoms with Gasteiger partial charge >= 0.3 is 0 Å². The molecule has 0 radical (unpaired) electrons. The van der Waals surface area contributed by atoms with Crippen LogP contribution >= 0.6 is 0 Å². The quantitative estimate of drug-likeness (QED) is 0.771. The monoisotopic (exact) mass is 255 g/mol. The second-order valence-electron chi connectivity index (χ2n) is 5.18. The normalized spacial score (nSPS) is 13.8. The van der Waals surface area contributed by atoms with Gasteiger partial charge in [0.05, 0.1) is 0 Å². The van der Waals surface area contributed by atoms with Crippen molar-refractivity contribution in [1.29, 1.82) is 0 Å². The molecule has 0 saturated carbocycles. The van der Waals surface area contributed by atoms with E-state index < -0.39 is 5.60 Å². The molecule has 2 N–H and O–H groups in total. The van der Waals surface area contributed by atoms with Crippen molar-refractivity contribution in [2.75, 3.05) is 13.2 Å². The molecule has 104 valence electrons. The SMILES string of the molecule is CCOC(C)(C)c1noc(CCC(C)CCN)n1. The van der Waals surface area contributed by atoms with Crippen molar-refractivity contribution in [1.82, 2.24) is 10.1 Å². The summed E-state index contributed by atoms with van der Waals surface area (Å²) in [5.41, 5.74) is 5.04.